The van der Waals surface area contributed by atoms with Crippen LogP contribution >= 0.6 is 0 Å². The third-order valence-electron chi connectivity index (χ3n) is 2.68. The fraction of sp³-hybridized carbons (Fsp3) is 0.125. The molecule has 0 radical (unpaired) electrons. The Morgan fingerprint density at radius 1 is 0.889 bits per heavy atom. The first-order valence-electron chi connectivity index (χ1n) is 5.82. The van der Waals surface area contributed by atoms with E-state index in [1.165, 1.54) is 0 Å². The lowest BCUT2D eigenvalue weighted by Crippen LogP contribution is -1.85. The summed E-state index contributed by atoms with van der Waals surface area (Å²) in [7, 11) is 0. The number of phenols is 2. The van der Waals surface area contributed by atoms with Gasteiger partial charge in [0, 0.05) is 16.7 Å². The van der Waals surface area contributed by atoms with Crippen LogP contribution in [-0.2, 0) is 6.42 Å². The van der Waals surface area contributed by atoms with E-state index in [-0.39, 0.29) is 11.5 Å². The van der Waals surface area contributed by atoms with E-state index >= 15 is 0 Å². The average molecular weight is 238 g/mol. The van der Waals surface area contributed by atoms with Gasteiger partial charge in [0.2, 0.25) is 0 Å². The van der Waals surface area contributed by atoms with Crippen molar-refractivity contribution < 1.29 is 10.2 Å². The highest BCUT2D eigenvalue weighted by molar-refractivity contribution is 5.53. The highest BCUT2D eigenvalue weighted by Crippen LogP contribution is 2.28. The van der Waals surface area contributed by atoms with Gasteiger partial charge in [-0.1, -0.05) is 37.0 Å². The summed E-state index contributed by atoms with van der Waals surface area (Å²) < 4.78 is 0. The predicted octanol–water partition coefficient (Wildman–Crippen LogP) is 3.06. The van der Waals surface area contributed by atoms with Crippen LogP contribution < -0.4 is 0 Å². The molecule has 0 atom stereocenters. The molecule has 0 saturated heterocycles. The molecule has 0 unspecified atom stereocenters. The second-order valence-corrected chi connectivity index (χ2v) is 3.96. The Morgan fingerprint density at radius 2 is 1.44 bits per heavy atom. The Bertz CT molecular complexity index is 581. The van der Waals surface area contributed by atoms with Crippen LogP contribution in [0.4, 0.5) is 0 Å². The first-order chi connectivity index (χ1) is 8.70. The van der Waals surface area contributed by atoms with Crippen molar-refractivity contribution >= 4 is 0 Å². The van der Waals surface area contributed by atoms with Gasteiger partial charge in [-0.25, -0.2) is 0 Å². The minimum Gasteiger partial charge on any atom is -0.507 e. The monoisotopic (exact) mass is 238 g/mol. The average Bonchev–Trinajstić information content (AvgIpc) is 2.37. The fourth-order valence-electron chi connectivity index (χ4n) is 1.74. The smallest absolute Gasteiger partial charge is 0.123 e. The molecule has 0 bridgehead atoms. The highest BCUT2D eigenvalue weighted by Gasteiger charge is 2.06. The molecule has 2 N–H and O–H groups in total. The number of phenolic OH excluding ortho intramolecular Hbond substituents is 2. The zero-order chi connectivity index (χ0) is 13.0. The lowest BCUT2D eigenvalue weighted by Gasteiger charge is -2.04. The molecule has 2 nitrogen and oxygen atoms in total. The topological polar surface area (TPSA) is 40.5 Å². The maximum Gasteiger partial charge on any atom is 0.123 e. The van der Waals surface area contributed by atoms with Crippen LogP contribution in [0.3, 0.4) is 0 Å². The molecule has 0 aromatic heterocycles. The third kappa shape index (κ3) is 2.64. The molecule has 0 heterocycles. The molecule has 18 heavy (non-hydrogen) atoms. The molecule has 0 saturated carbocycles. The van der Waals surface area contributed by atoms with Crippen molar-refractivity contribution in [2.45, 2.75) is 13.3 Å². The molecular formula is C16H14O2. The van der Waals surface area contributed by atoms with Crippen LogP contribution in [0.5, 0.6) is 11.5 Å². The van der Waals surface area contributed by atoms with Crippen molar-refractivity contribution in [3.63, 3.8) is 0 Å². The van der Waals surface area contributed by atoms with Crippen molar-refractivity contribution in [2.24, 2.45) is 0 Å². The lowest BCUT2D eigenvalue weighted by molar-refractivity contribution is 0.439. The first-order valence-corrected chi connectivity index (χ1v) is 5.82. The molecule has 0 spiro atoms. The standard InChI is InChI=1S/C16H14O2/c1-2-14-15(17)10-13(11-16(14)18)9-8-12-6-4-3-5-7-12/h3-7,10-11,17-18H,2H2,1H3. The Morgan fingerprint density at radius 3 is 2.00 bits per heavy atom. The van der Waals surface area contributed by atoms with Crippen molar-refractivity contribution in [3.05, 3.63) is 59.2 Å². The van der Waals surface area contributed by atoms with Crippen molar-refractivity contribution in [3.8, 4) is 23.3 Å². The molecule has 0 amide bonds. The normalized spacial score (nSPS) is 9.61. The highest BCUT2D eigenvalue weighted by atomic mass is 16.3. The molecule has 0 aliphatic carbocycles. The Labute approximate surface area is 107 Å². The van der Waals surface area contributed by atoms with Gasteiger partial charge < -0.3 is 10.2 Å². The maximum atomic E-state index is 9.74. The van der Waals surface area contributed by atoms with Gasteiger partial charge in [-0.3, -0.25) is 0 Å². The number of hydrogen-bond donors (Lipinski definition) is 2. The van der Waals surface area contributed by atoms with Crippen LogP contribution in [0, 0.1) is 11.8 Å². The summed E-state index contributed by atoms with van der Waals surface area (Å²) >= 11 is 0. The van der Waals surface area contributed by atoms with Crippen molar-refractivity contribution in [1.29, 1.82) is 0 Å². The van der Waals surface area contributed by atoms with E-state index in [0.717, 1.165) is 5.56 Å². The minimum absolute atomic E-state index is 0.0925. The molecule has 2 heteroatoms. The number of hydrogen-bond acceptors (Lipinski definition) is 2. The maximum absolute atomic E-state index is 9.74. The van der Waals surface area contributed by atoms with Gasteiger partial charge in [0.15, 0.2) is 0 Å². The van der Waals surface area contributed by atoms with E-state index in [4.69, 9.17) is 0 Å². The molecule has 2 rings (SSSR count). The van der Waals surface area contributed by atoms with Gasteiger partial charge in [-0.2, -0.15) is 0 Å². The SMILES string of the molecule is CCc1c(O)cc(C#Cc2ccccc2)cc1O. The summed E-state index contributed by atoms with van der Waals surface area (Å²) in [6.07, 6.45) is 0.587. The summed E-state index contributed by atoms with van der Waals surface area (Å²) in [4.78, 5) is 0. The second-order valence-electron chi connectivity index (χ2n) is 3.96. The Kier molecular flexibility index (Phi) is 3.54. The molecular weight excluding hydrogens is 224 g/mol. The molecule has 2 aromatic carbocycles. The third-order valence-corrected chi connectivity index (χ3v) is 2.68. The molecule has 0 aliphatic heterocycles. The van der Waals surface area contributed by atoms with Crippen molar-refractivity contribution in [2.75, 3.05) is 0 Å². The summed E-state index contributed by atoms with van der Waals surface area (Å²) in [6, 6.07) is 12.7. The summed E-state index contributed by atoms with van der Waals surface area (Å²) in [5.41, 5.74) is 2.06. The van der Waals surface area contributed by atoms with E-state index in [2.05, 4.69) is 11.8 Å². The lowest BCUT2D eigenvalue weighted by atomic mass is 10.1. The molecule has 2 aromatic rings. The minimum atomic E-state index is 0.0925. The Hall–Kier alpha value is -2.40. The van der Waals surface area contributed by atoms with E-state index in [1.807, 2.05) is 37.3 Å². The van der Waals surface area contributed by atoms with E-state index < -0.39 is 0 Å². The van der Waals surface area contributed by atoms with Crippen LogP contribution in [0.2, 0.25) is 0 Å². The van der Waals surface area contributed by atoms with Gasteiger partial charge in [0.25, 0.3) is 0 Å². The van der Waals surface area contributed by atoms with Crippen LogP contribution in [-0.4, -0.2) is 10.2 Å². The second kappa shape index (κ2) is 5.29. The van der Waals surface area contributed by atoms with Crippen LogP contribution in [0.1, 0.15) is 23.6 Å². The van der Waals surface area contributed by atoms with Gasteiger partial charge in [0.05, 0.1) is 0 Å². The zero-order valence-electron chi connectivity index (χ0n) is 10.1. The van der Waals surface area contributed by atoms with Gasteiger partial charge >= 0.3 is 0 Å². The molecule has 90 valence electrons. The predicted molar refractivity (Wildman–Crippen MR) is 71.6 cm³/mol. The number of aromatic hydroxyl groups is 2. The van der Waals surface area contributed by atoms with Crippen molar-refractivity contribution in [1.82, 2.24) is 0 Å². The van der Waals surface area contributed by atoms with Gasteiger partial charge in [-0.05, 0) is 30.7 Å². The van der Waals surface area contributed by atoms with Gasteiger partial charge in [-0.15, -0.1) is 0 Å². The quantitative estimate of drug-likeness (QED) is 0.750. The van der Waals surface area contributed by atoms with E-state index in [9.17, 15) is 10.2 Å². The molecule has 0 aliphatic rings. The van der Waals surface area contributed by atoms with Crippen LogP contribution in [0.15, 0.2) is 42.5 Å². The summed E-state index contributed by atoms with van der Waals surface area (Å²) in [6.45, 7) is 1.88. The number of benzene rings is 2. The van der Waals surface area contributed by atoms with Crippen LogP contribution in [0.25, 0.3) is 0 Å². The number of rotatable bonds is 1. The Balaban J connectivity index is 2.34. The first kappa shape index (κ1) is 12.1. The zero-order valence-corrected chi connectivity index (χ0v) is 10.1. The summed E-state index contributed by atoms with van der Waals surface area (Å²) in [5, 5.41) is 19.5. The largest absolute Gasteiger partial charge is 0.507 e. The van der Waals surface area contributed by atoms with E-state index in [0.29, 0.717) is 17.5 Å². The summed E-state index contributed by atoms with van der Waals surface area (Å²) in [5.74, 6) is 6.09. The molecule has 0 fully saturated rings. The van der Waals surface area contributed by atoms with Gasteiger partial charge in [0.1, 0.15) is 11.5 Å². The fourth-order valence-corrected chi connectivity index (χ4v) is 1.74. The van der Waals surface area contributed by atoms with E-state index in [1.54, 1.807) is 12.1 Å².